The molecule has 0 bridgehead atoms. The van der Waals surface area contributed by atoms with Crippen LogP contribution in [-0.2, 0) is 24.1 Å². The number of Topliss-reactive ketones (excluding diaryl/α,β-unsaturated/α-hetero) is 1. The smallest absolute Gasteiger partial charge is 0.252 e. The fraction of sp³-hybridized carbons (Fsp3) is 0.348. The summed E-state index contributed by atoms with van der Waals surface area (Å²) in [6, 6.07) is 10.5. The predicted octanol–water partition coefficient (Wildman–Crippen LogP) is 3.09. The fourth-order valence-electron chi connectivity index (χ4n) is 4.86. The zero-order valence-corrected chi connectivity index (χ0v) is 16.7. The number of nitrogens with zero attached hydrogens (tertiary/aromatic N) is 1. The zero-order chi connectivity index (χ0) is 20.2. The first kappa shape index (κ1) is 17.9. The number of hydrogen-bond acceptors (Lipinski definition) is 4. The summed E-state index contributed by atoms with van der Waals surface area (Å²) in [5.74, 6) is 0.546. The normalized spacial score (nSPS) is 16.3. The minimum atomic E-state index is -0.210. The lowest BCUT2D eigenvalue weighted by atomic mass is 9.82. The van der Waals surface area contributed by atoms with Crippen molar-refractivity contribution in [2.24, 2.45) is 0 Å². The summed E-state index contributed by atoms with van der Waals surface area (Å²) < 4.78 is 0. The molecule has 1 spiro atoms. The molecule has 2 aromatic carbocycles. The molecule has 1 aliphatic heterocycles. The first-order chi connectivity index (χ1) is 13.9. The summed E-state index contributed by atoms with van der Waals surface area (Å²) in [5.41, 5.74) is 7.05. The lowest BCUT2D eigenvalue weighted by molar-refractivity contribution is -0.116. The predicted molar refractivity (Wildman–Crippen MR) is 112 cm³/mol. The number of benzene rings is 2. The van der Waals surface area contributed by atoms with Crippen molar-refractivity contribution < 1.29 is 9.59 Å². The minimum Gasteiger partial charge on any atom is -0.377 e. The summed E-state index contributed by atoms with van der Waals surface area (Å²) in [6.45, 7) is 3.44. The van der Waals surface area contributed by atoms with Crippen LogP contribution < -0.4 is 10.6 Å². The van der Waals surface area contributed by atoms with E-state index in [0.29, 0.717) is 5.56 Å². The quantitative estimate of drug-likeness (QED) is 0.644. The number of aromatic amines is 1. The Kier molecular flexibility index (Phi) is 3.98. The van der Waals surface area contributed by atoms with Gasteiger partial charge in [0, 0.05) is 11.1 Å². The van der Waals surface area contributed by atoms with E-state index >= 15 is 0 Å². The minimum absolute atomic E-state index is 0.0368. The number of ketones is 1. The van der Waals surface area contributed by atoms with E-state index < -0.39 is 0 Å². The molecule has 0 unspecified atom stereocenters. The van der Waals surface area contributed by atoms with E-state index in [1.165, 1.54) is 18.1 Å². The number of rotatable bonds is 3. The first-order valence-corrected chi connectivity index (χ1v) is 10.1. The van der Waals surface area contributed by atoms with E-state index in [0.717, 1.165) is 53.8 Å². The fourth-order valence-corrected chi connectivity index (χ4v) is 4.86. The van der Waals surface area contributed by atoms with Crippen LogP contribution in [-0.4, -0.2) is 33.7 Å². The van der Waals surface area contributed by atoms with Crippen LogP contribution >= 0.6 is 0 Å². The van der Waals surface area contributed by atoms with Crippen LogP contribution in [0.5, 0.6) is 0 Å². The Morgan fingerprint density at radius 1 is 1.21 bits per heavy atom. The molecule has 3 N–H and O–H groups in total. The molecule has 0 fully saturated rings. The van der Waals surface area contributed by atoms with Gasteiger partial charge in [-0.15, -0.1) is 0 Å². The van der Waals surface area contributed by atoms with E-state index in [1.807, 2.05) is 13.0 Å². The van der Waals surface area contributed by atoms with E-state index in [4.69, 9.17) is 4.98 Å². The lowest BCUT2D eigenvalue weighted by Gasteiger charge is -2.37. The van der Waals surface area contributed by atoms with Crippen LogP contribution in [0.2, 0.25) is 0 Å². The van der Waals surface area contributed by atoms with Crippen molar-refractivity contribution in [1.29, 1.82) is 0 Å². The Morgan fingerprint density at radius 2 is 1.93 bits per heavy atom. The second-order valence-electron chi connectivity index (χ2n) is 8.41. The topological polar surface area (TPSA) is 86.9 Å². The van der Waals surface area contributed by atoms with Gasteiger partial charge in [-0.2, -0.15) is 0 Å². The number of fused-ring (bicyclic) bond motifs is 4. The van der Waals surface area contributed by atoms with Crippen LogP contribution in [0.3, 0.4) is 0 Å². The number of nitrogens with one attached hydrogen (secondary N) is 3. The number of imidazole rings is 1. The molecular weight excluding hydrogens is 364 g/mol. The SMILES string of the molecule is CC(=O)CNC(=O)c1cc2[nH]c(C)nc2c2c1CCC1(Cc3ccccc3C1)N2. The van der Waals surface area contributed by atoms with Crippen molar-refractivity contribution in [3.8, 4) is 0 Å². The van der Waals surface area contributed by atoms with Crippen molar-refractivity contribution >= 4 is 28.4 Å². The monoisotopic (exact) mass is 388 g/mol. The van der Waals surface area contributed by atoms with Crippen LogP contribution in [0.4, 0.5) is 5.69 Å². The second-order valence-corrected chi connectivity index (χ2v) is 8.41. The molecule has 1 aromatic heterocycles. The number of aryl methyl sites for hydroxylation is 1. The summed E-state index contributed by atoms with van der Waals surface area (Å²) >= 11 is 0. The summed E-state index contributed by atoms with van der Waals surface area (Å²) in [6.07, 6.45) is 3.72. The highest BCUT2D eigenvalue weighted by Gasteiger charge is 2.41. The third kappa shape index (κ3) is 2.99. The highest BCUT2D eigenvalue weighted by Crippen LogP contribution is 2.43. The Morgan fingerprint density at radius 3 is 2.62 bits per heavy atom. The standard InChI is InChI=1S/C23H24N4O2/c1-13(28)12-24-22(29)18-9-19-21(26-14(2)25-19)20-17(18)7-8-23(27-20)10-15-5-3-4-6-16(15)11-23/h3-6,9,27H,7-8,10-12H2,1-2H3,(H,24,29)(H,25,26). The van der Waals surface area contributed by atoms with Crippen LogP contribution in [0.25, 0.3) is 11.0 Å². The van der Waals surface area contributed by atoms with Gasteiger partial charge in [-0.1, -0.05) is 24.3 Å². The van der Waals surface area contributed by atoms with E-state index in [1.54, 1.807) is 0 Å². The van der Waals surface area contributed by atoms with Gasteiger partial charge in [0.05, 0.1) is 17.7 Å². The Hall–Kier alpha value is -3.15. The van der Waals surface area contributed by atoms with Crippen molar-refractivity contribution in [2.75, 3.05) is 11.9 Å². The first-order valence-electron chi connectivity index (χ1n) is 10.1. The van der Waals surface area contributed by atoms with E-state index in [9.17, 15) is 9.59 Å². The zero-order valence-electron chi connectivity index (χ0n) is 16.7. The van der Waals surface area contributed by atoms with Crippen molar-refractivity contribution in [3.63, 3.8) is 0 Å². The summed E-state index contributed by atoms with van der Waals surface area (Å²) in [7, 11) is 0. The molecule has 0 radical (unpaired) electrons. The van der Waals surface area contributed by atoms with Gasteiger partial charge in [-0.3, -0.25) is 9.59 Å². The summed E-state index contributed by atoms with van der Waals surface area (Å²) in [5, 5.41) is 6.55. The maximum atomic E-state index is 12.8. The molecular formula is C23H24N4O2. The number of carbonyl (C=O) groups excluding carboxylic acids is 2. The third-order valence-corrected chi connectivity index (χ3v) is 6.16. The molecule has 6 nitrogen and oxygen atoms in total. The van der Waals surface area contributed by atoms with Gasteiger partial charge >= 0.3 is 0 Å². The molecule has 29 heavy (non-hydrogen) atoms. The molecule has 3 aromatic rings. The second kappa shape index (κ2) is 6.44. The van der Waals surface area contributed by atoms with Gasteiger partial charge in [-0.25, -0.2) is 4.98 Å². The van der Waals surface area contributed by atoms with Gasteiger partial charge in [0.25, 0.3) is 5.91 Å². The summed E-state index contributed by atoms with van der Waals surface area (Å²) in [4.78, 5) is 32.1. The Labute approximate surface area is 169 Å². The molecule has 5 rings (SSSR count). The van der Waals surface area contributed by atoms with Crippen LogP contribution in [0, 0.1) is 6.92 Å². The number of H-pyrrole nitrogens is 1. The maximum Gasteiger partial charge on any atom is 0.252 e. The lowest BCUT2D eigenvalue weighted by Crippen LogP contribution is -2.43. The molecule has 0 saturated heterocycles. The molecule has 1 amide bonds. The van der Waals surface area contributed by atoms with Crippen LogP contribution in [0.1, 0.15) is 46.2 Å². The highest BCUT2D eigenvalue weighted by atomic mass is 16.2. The van der Waals surface area contributed by atoms with Gasteiger partial charge in [0.15, 0.2) is 0 Å². The Bertz CT molecular complexity index is 1140. The molecule has 2 heterocycles. The van der Waals surface area contributed by atoms with Gasteiger partial charge in [-0.05, 0) is 62.3 Å². The Balaban J connectivity index is 1.57. The maximum absolute atomic E-state index is 12.8. The van der Waals surface area contributed by atoms with Crippen molar-refractivity contribution in [2.45, 2.75) is 45.1 Å². The molecule has 2 aliphatic rings. The van der Waals surface area contributed by atoms with Crippen molar-refractivity contribution in [1.82, 2.24) is 15.3 Å². The van der Waals surface area contributed by atoms with Gasteiger partial charge < -0.3 is 15.6 Å². The van der Waals surface area contributed by atoms with Crippen molar-refractivity contribution in [3.05, 3.63) is 58.4 Å². The van der Waals surface area contributed by atoms with E-state index in [2.05, 4.69) is 39.9 Å². The number of carbonyl (C=O) groups is 2. The average molecular weight is 388 g/mol. The molecule has 1 aliphatic carbocycles. The number of aromatic nitrogens is 2. The average Bonchev–Trinajstić information content (AvgIpc) is 3.24. The van der Waals surface area contributed by atoms with Crippen LogP contribution in [0.15, 0.2) is 30.3 Å². The third-order valence-electron chi connectivity index (χ3n) is 6.16. The number of hydrogen-bond donors (Lipinski definition) is 3. The van der Waals surface area contributed by atoms with E-state index in [-0.39, 0.29) is 23.8 Å². The highest BCUT2D eigenvalue weighted by molar-refractivity contribution is 6.05. The van der Waals surface area contributed by atoms with Gasteiger partial charge in [0.2, 0.25) is 0 Å². The molecule has 6 heteroatoms. The molecule has 0 saturated carbocycles. The molecule has 148 valence electrons. The largest absolute Gasteiger partial charge is 0.377 e. The number of anilines is 1. The number of amides is 1. The molecule has 0 atom stereocenters. The van der Waals surface area contributed by atoms with Gasteiger partial charge in [0.1, 0.15) is 17.1 Å².